The van der Waals surface area contributed by atoms with Gasteiger partial charge in [-0.05, 0) is 0 Å². The number of hydrogen-bond acceptors (Lipinski definition) is 5. The third kappa shape index (κ3) is 1.67. The molecule has 0 amide bonds. The molecular formula is C12H12N6. The van der Waals surface area contributed by atoms with Crippen LogP contribution in [-0.4, -0.2) is 39.5 Å². The van der Waals surface area contributed by atoms with Crippen molar-refractivity contribution in [1.82, 2.24) is 25.4 Å². The maximum Gasteiger partial charge on any atom is 0.246 e. The van der Waals surface area contributed by atoms with Gasteiger partial charge in [0.25, 0.3) is 0 Å². The highest BCUT2D eigenvalue weighted by molar-refractivity contribution is 5.87. The minimum Gasteiger partial charge on any atom is -0.346 e. The van der Waals surface area contributed by atoms with Crippen LogP contribution in [0, 0.1) is 0 Å². The summed E-state index contributed by atoms with van der Waals surface area (Å²) in [6, 6.07) is 9.86. The molecule has 2 aromatic heterocycles. The lowest BCUT2D eigenvalue weighted by Crippen LogP contribution is -2.13. The van der Waals surface area contributed by atoms with Gasteiger partial charge < -0.3 is 4.90 Å². The zero-order valence-corrected chi connectivity index (χ0v) is 10.1. The standard InChI is InChI=1S/C12H12N6/c1-18(2)12-13-11-10(15-17-12)9(14-16-11)8-6-4-3-5-7-8/h3-7H,1-2H3,(H,13,14,16,17). The van der Waals surface area contributed by atoms with E-state index in [0.29, 0.717) is 17.1 Å². The second-order valence-electron chi connectivity index (χ2n) is 4.14. The van der Waals surface area contributed by atoms with E-state index in [0.717, 1.165) is 11.3 Å². The van der Waals surface area contributed by atoms with Gasteiger partial charge in [-0.3, -0.25) is 5.10 Å². The lowest BCUT2D eigenvalue weighted by molar-refractivity contribution is 0.936. The van der Waals surface area contributed by atoms with Gasteiger partial charge in [0.15, 0.2) is 11.2 Å². The van der Waals surface area contributed by atoms with Gasteiger partial charge in [-0.25, -0.2) is 0 Å². The Labute approximate surface area is 104 Å². The molecule has 0 aliphatic heterocycles. The van der Waals surface area contributed by atoms with Gasteiger partial charge in [0, 0.05) is 19.7 Å². The molecular weight excluding hydrogens is 228 g/mol. The summed E-state index contributed by atoms with van der Waals surface area (Å²) in [7, 11) is 3.74. The van der Waals surface area contributed by atoms with Crippen molar-refractivity contribution in [2.75, 3.05) is 19.0 Å². The Bertz CT molecular complexity index is 673. The monoisotopic (exact) mass is 240 g/mol. The van der Waals surface area contributed by atoms with E-state index in [1.165, 1.54) is 0 Å². The van der Waals surface area contributed by atoms with Crippen molar-refractivity contribution in [2.24, 2.45) is 0 Å². The molecule has 0 fully saturated rings. The van der Waals surface area contributed by atoms with Crippen LogP contribution in [0.1, 0.15) is 0 Å². The summed E-state index contributed by atoms with van der Waals surface area (Å²) in [6.07, 6.45) is 0. The van der Waals surface area contributed by atoms with Crippen molar-refractivity contribution >= 4 is 17.1 Å². The number of H-pyrrole nitrogens is 1. The fourth-order valence-corrected chi connectivity index (χ4v) is 1.70. The van der Waals surface area contributed by atoms with Crippen LogP contribution in [0.4, 0.5) is 5.95 Å². The zero-order valence-electron chi connectivity index (χ0n) is 10.1. The van der Waals surface area contributed by atoms with Crippen LogP contribution in [0.25, 0.3) is 22.4 Å². The van der Waals surface area contributed by atoms with Crippen molar-refractivity contribution in [2.45, 2.75) is 0 Å². The van der Waals surface area contributed by atoms with E-state index in [1.54, 1.807) is 4.90 Å². The molecule has 0 bridgehead atoms. The molecule has 90 valence electrons. The number of nitrogens with one attached hydrogen (secondary N) is 1. The van der Waals surface area contributed by atoms with Crippen molar-refractivity contribution in [1.29, 1.82) is 0 Å². The Hall–Kier alpha value is -2.50. The third-order valence-corrected chi connectivity index (χ3v) is 2.62. The van der Waals surface area contributed by atoms with E-state index < -0.39 is 0 Å². The maximum absolute atomic E-state index is 4.36. The molecule has 0 unspecified atom stereocenters. The number of hydrogen-bond donors (Lipinski definition) is 1. The summed E-state index contributed by atoms with van der Waals surface area (Å²) in [5.74, 6) is 0.561. The third-order valence-electron chi connectivity index (χ3n) is 2.62. The van der Waals surface area contributed by atoms with Gasteiger partial charge in [-0.1, -0.05) is 30.3 Å². The minimum atomic E-state index is 0.561. The first-order chi connectivity index (χ1) is 8.75. The molecule has 1 aromatic carbocycles. The van der Waals surface area contributed by atoms with E-state index in [9.17, 15) is 0 Å². The second kappa shape index (κ2) is 4.06. The molecule has 0 aliphatic rings. The van der Waals surface area contributed by atoms with Crippen LogP contribution < -0.4 is 4.90 Å². The Morgan fingerprint density at radius 2 is 1.83 bits per heavy atom. The molecule has 2 heterocycles. The summed E-state index contributed by atoms with van der Waals surface area (Å²) in [4.78, 5) is 6.16. The number of fused-ring (bicyclic) bond motifs is 1. The fourth-order valence-electron chi connectivity index (χ4n) is 1.70. The molecule has 6 heteroatoms. The number of nitrogens with zero attached hydrogens (tertiary/aromatic N) is 5. The van der Waals surface area contributed by atoms with Crippen LogP contribution in [0.15, 0.2) is 30.3 Å². The number of aromatic amines is 1. The molecule has 1 N–H and O–H groups in total. The Kier molecular flexibility index (Phi) is 2.40. The topological polar surface area (TPSA) is 70.6 Å². The number of anilines is 1. The number of aromatic nitrogens is 5. The summed E-state index contributed by atoms with van der Waals surface area (Å²) < 4.78 is 0. The fraction of sp³-hybridized carbons (Fsp3) is 0.167. The van der Waals surface area contributed by atoms with Crippen LogP contribution in [0.2, 0.25) is 0 Å². The molecule has 6 nitrogen and oxygen atoms in total. The van der Waals surface area contributed by atoms with E-state index in [4.69, 9.17) is 0 Å². The molecule has 3 rings (SSSR count). The average molecular weight is 240 g/mol. The van der Waals surface area contributed by atoms with E-state index in [1.807, 2.05) is 44.4 Å². The first kappa shape index (κ1) is 10.6. The van der Waals surface area contributed by atoms with Gasteiger partial charge in [0.2, 0.25) is 5.95 Å². The number of rotatable bonds is 2. The van der Waals surface area contributed by atoms with Crippen molar-refractivity contribution in [3.8, 4) is 11.3 Å². The van der Waals surface area contributed by atoms with Crippen molar-refractivity contribution in [3.63, 3.8) is 0 Å². The molecule has 0 spiro atoms. The van der Waals surface area contributed by atoms with Gasteiger partial charge >= 0.3 is 0 Å². The summed E-state index contributed by atoms with van der Waals surface area (Å²) >= 11 is 0. The van der Waals surface area contributed by atoms with Crippen LogP contribution in [-0.2, 0) is 0 Å². The van der Waals surface area contributed by atoms with Crippen LogP contribution >= 0.6 is 0 Å². The predicted octanol–water partition coefficient (Wildman–Crippen LogP) is 1.48. The predicted molar refractivity (Wildman–Crippen MR) is 69.2 cm³/mol. The Morgan fingerprint density at radius 3 is 2.56 bits per heavy atom. The summed E-state index contributed by atoms with van der Waals surface area (Å²) in [5, 5.41) is 15.4. The second-order valence-corrected chi connectivity index (χ2v) is 4.14. The molecule has 0 atom stereocenters. The molecule has 18 heavy (non-hydrogen) atoms. The quantitative estimate of drug-likeness (QED) is 0.734. The average Bonchev–Trinajstić information content (AvgIpc) is 2.82. The lowest BCUT2D eigenvalue weighted by atomic mass is 10.1. The van der Waals surface area contributed by atoms with E-state index in [-0.39, 0.29) is 0 Å². The molecule has 0 saturated carbocycles. The van der Waals surface area contributed by atoms with Gasteiger partial charge in [0.05, 0.1) is 0 Å². The van der Waals surface area contributed by atoms with E-state index >= 15 is 0 Å². The normalized spacial score (nSPS) is 10.8. The summed E-state index contributed by atoms with van der Waals surface area (Å²) in [6.45, 7) is 0. The maximum atomic E-state index is 4.36. The molecule has 0 aliphatic carbocycles. The van der Waals surface area contributed by atoms with Crippen LogP contribution in [0.5, 0.6) is 0 Å². The van der Waals surface area contributed by atoms with Gasteiger partial charge in [0.1, 0.15) is 5.69 Å². The summed E-state index contributed by atoms with van der Waals surface area (Å²) in [5.41, 5.74) is 3.10. The first-order valence-electron chi connectivity index (χ1n) is 5.57. The smallest absolute Gasteiger partial charge is 0.246 e. The van der Waals surface area contributed by atoms with Gasteiger partial charge in [-0.2, -0.15) is 10.1 Å². The zero-order chi connectivity index (χ0) is 12.5. The highest BCUT2D eigenvalue weighted by Crippen LogP contribution is 2.23. The number of benzene rings is 1. The van der Waals surface area contributed by atoms with E-state index in [2.05, 4.69) is 25.4 Å². The Morgan fingerprint density at radius 1 is 1.06 bits per heavy atom. The molecule has 0 radical (unpaired) electrons. The molecule has 3 aromatic rings. The van der Waals surface area contributed by atoms with Crippen LogP contribution in [0.3, 0.4) is 0 Å². The highest BCUT2D eigenvalue weighted by atomic mass is 15.3. The van der Waals surface area contributed by atoms with Crippen molar-refractivity contribution in [3.05, 3.63) is 30.3 Å². The molecule has 0 saturated heterocycles. The SMILES string of the molecule is CN(C)c1nnc2c(-c3ccccc3)n[nH]c2n1. The minimum absolute atomic E-state index is 0.561. The Balaban J connectivity index is 2.16. The largest absolute Gasteiger partial charge is 0.346 e. The lowest BCUT2D eigenvalue weighted by Gasteiger charge is -2.07. The van der Waals surface area contributed by atoms with Crippen molar-refractivity contribution < 1.29 is 0 Å². The van der Waals surface area contributed by atoms with Gasteiger partial charge in [-0.15, -0.1) is 10.2 Å². The highest BCUT2D eigenvalue weighted by Gasteiger charge is 2.12. The first-order valence-corrected chi connectivity index (χ1v) is 5.57.